The Balaban J connectivity index is 1.69. The smallest absolute Gasteiger partial charge is 0.186 e. The minimum atomic E-state index is -0.0167. The second-order valence-corrected chi connectivity index (χ2v) is 6.30. The molecule has 0 N–H and O–H groups in total. The van der Waals surface area contributed by atoms with Crippen LogP contribution < -0.4 is 4.74 Å². The summed E-state index contributed by atoms with van der Waals surface area (Å²) in [6, 6.07) is 19.7. The van der Waals surface area contributed by atoms with E-state index in [-0.39, 0.29) is 5.78 Å². The standard InChI is InChI=1S/C23H19NO2/c1-24-14-13-17-15-16(7-10-21(17)24)8-11-22(25)19-9-12-23(26-2)20-6-4-3-5-18(19)20/h3-15H,1-2H3/b11-8+. The highest BCUT2D eigenvalue weighted by atomic mass is 16.5. The van der Waals surface area contributed by atoms with Gasteiger partial charge >= 0.3 is 0 Å². The summed E-state index contributed by atoms with van der Waals surface area (Å²) >= 11 is 0. The SMILES string of the molecule is COc1ccc(C(=O)/C=C/c2ccc3c(ccn3C)c2)c2ccccc12. The number of ether oxygens (including phenoxy) is 1. The third-order valence-corrected chi connectivity index (χ3v) is 4.71. The molecule has 26 heavy (non-hydrogen) atoms. The van der Waals surface area contributed by atoms with E-state index in [1.54, 1.807) is 13.2 Å². The molecule has 0 bridgehead atoms. The van der Waals surface area contributed by atoms with Crippen molar-refractivity contribution in [1.29, 1.82) is 0 Å². The van der Waals surface area contributed by atoms with Crippen LogP contribution in [0, 0.1) is 0 Å². The number of benzene rings is 3. The van der Waals surface area contributed by atoms with Crippen molar-refractivity contribution in [2.24, 2.45) is 7.05 Å². The van der Waals surface area contributed by atoms with Gasteiger partial charge in [0, 0.05) is 35.1 Å². The molecule has 0 amide bonds. The third-order valence-electron chi connectivity index (χ3n) is 4.71. The average Bonchev–Trinajstić information content (AvgIpc) is 3.05. The maximum Gasteiger partial charge on any atom is 0.186 e. The first-order valence-corrected chi connectivity index (χ1v) is 8.50. The molecule has 0 saturated heterocycles. The lowest BCUT2D eigenvalue weighted by molar-refractivity contribution is 0.104. The number of hydrogen-bond donors (Lipinski definition) is 0. The fourth-order valence-corrected chi connectivity index (χ4v) is 3.33. The first-order chi connectivity index (χ1) is 12.7. The van der Waals surface area contributed by atoms with E-state index >= 15 is 0 Å². The van der Waals surface area contributed by atoms with Gasteiger partial charge in [0.05, 0.1) is 7.11 Å². The highest BCUT2D eigenvalue weighted by Crippen LogP contribution is 2.29. The van der Waals surface area contributed by atoms with Gasteiger partial charge in [0.1, 0.15) is 5.75 Å². The van der Waals surface area contributed by atoms with Gasteiger partial charge in [0.25, 0.3) is 0 Å². The van der Waals surface area contributed by atoms with Gasteiger partial charge in [-0.2, -0.15) is 0 Å². The summed E-state index contributed by atoms with van der Waals surface area (Å²) in [5.74, 6) is 0.757. The van der Waals surface area contributed by atoms with Gasteiger partial charge in [-0.15, -0.1) is 0 Å². The Labute approximate surface area is 152 Å². The lowest BCUT2D eigenvalue weighted by Gasteiger charge is -2.08. The molecule has 0 aliphatic rings. The molecule has 0 unspecified atom stereocenters. The maximum absolute atomic E-state index is 12.8. The lowest BCUT2D eigenvalue weighted by Crippen LogP contribution is -1.97. The van der Waals surface area contributed by atoms with Crippen molar-refractivity contribution in [2.45, 2.75) is 0 Å². The van der Waals surface area contributed by atoms with Crippen LogP contribution in [0.25, 0.3) is 27.8 Å². The number of rotatable bonds is 4. The van der Waals surface area contributed by atoms with Crippen molar-refractivity contribution in [1.82, 2.24) is 4.57 Å². The molecule has 0 fully saturated rings. The number of hydrogen-bond acceptors (Lipinski definition) is 2. The Kier molecular flexibility index (Phi) is 4.05. The molecule has 0 atom stereocenters. The quantitative estimate of drug-likeness (QED) is 0.376. The summed E-state index contributed by atoms with van der Waals surface area (Å²) in [6.45, 7) is 0. The van der Waals surface area contributed by atoms with Gasteiger partial charge in [-0.3, -0.25) is 4.79 Å². The summed E-state index contributed by atoms with van der Waals surface area (Å²) in [5, 5.41) is 3.01. The summed E-state index contributed by atoms with van der Waals surface area (Å²) in [7, 11) is 3.67. The zero-order chi connectivity index (χ0) is 18.1. The first kappa shape index (κ1) is 16.2. The number of methoxy groups -OCH3 is 1. The molecule has 3 heteroatoms. The van der Waals surface area contributed by atoms with E-state index in [2.05, 4.69) is 22.8 Å². The topological polar surface area (TPSA) is 31.2 Å². The second-order valence-electron chi connectivity index (χ2n) is 6.30. The minimum absolute atomic E-state index is 0.0167. The molecule has 128 valence electrons. The molecule has 0 aliphatic carbocycles. The van der Waals surface area contributed by atoms with Crippen molar-refractivity contribution >= 4 is 33.5 Å². The number of nitrogens with zero attached hydrogens (tertiary/aromatic N) is 1. The lowest BCUT2D eigenvalue weighted by atomic mass is 10.00. The Hall–Kier alpha value is -3.33. The van der Waals surface area contributed by atoms with Crippen LogP contribution in [0.3, 0.4) is 0 Å². The van der Waals surface area contributed by atoms with E-state index in [1.807, 2.05) is 61.8 Å². The third kappa shape index (κ3) is 2.78. The average molecular weight is 341 g/mol. The van der Waals surface area contributed by atoms with Crippen LogP contribution in [-0.2, 0) is 7.05 Å². The minimum Gasteiger partial charge on any atom is -0.496 e. The molecular formula is C23H19NO2. The molecule has 1 heterocycles. The van der Waals surface area contributed by atoms with Crippen molar-refractivity contribution in [3.63, 3.8) is 0 Å². The molecule has 3 aromatic carbocycles. The maximum atomic E-state index is 12.8. The molecule has 0 saturated carbocycles. The first-order valence-electron chi connectivity index (χ1n) is 8.50. The Morgan fingerprint density at radius 1 is 1.00 bits per heavy atom. The van der Waals surface area contributed by atoms with E-state index in [1.165, 1.54) is 5.52 Å². The zero-order valence-corrected chi connectivity index (χ0v) is 14.8. The van der Waals surface area contributed by atoms with E-state index < -0.39 is 0 Å². The monoisotopic (exact) mass is 341 g/mol. The van der Waals surface area contributed by atoms with Crippen LogP contribution in [0.1, 0.15) is 15.9 Å². The van der Waals surface area contributed by atoms with Crippen LogP contribution in [0.2, 0.25) is 0 Å². The molecule has 0 aliphatic heterocycles. The van der Waals surface area contributed by atoms with Gasteiger partial charge in [-0.1, -0.05) is 36.4 Å². The van der Waals surface area contributed by atoms with Gasteiger partial charge in [-0.05, 0) is 47.4 Å². The normalized spacial score (nSPS) is 11.5. The summed E-state index contributed by atoms with van der Waals surface area (Å²) in [5.41, 5.74) is 2.86. The van der Waals surface area contributed by atoms with E-state index in [0.29, 0.717) is 5.56 Å². The Morgan fingerprint density at radius 3 is 2.62 bits per heavy atom. The number of carbonyl (C=O) groups excluding carboxylic acids is 1. The molecule has 0 spiro atoms. The second kappa shape index (κ2) is 6.52. The molecule has 4 rings (SSSR count). The van der Waals surface area contributed by atoms with Gasteiger partial charge in [-0.25, -0.2) is 0 Å². The van der Waals surface area contributed by atoms with Crippen LogP contribution in [0.4, 0.5) is 0 Å². The van der Waals surface area contributed by atoms with Crippen LogP contribution >= 0.6 is 0 Å². The molecule has 1 aromatic heterocycles. The van der Waals surface area contributed by atoms with Crippen LogP contribution in [0.15, 0.2) is 72.9 Å². The highest BCUT2D eigenvalue weighted by molar-refractivity contribution is 6.15. The number of allylic oxidation sites excluding steroid dienone is 1. The van der Waals surface area contributed by atoms with Gasteiger partial charge < -0.3 is 9.30 Å². The molecule has 4 aromatic rings. The van der Waals surface area contributed by atoms with Crippen molar-refractivity contribution < 1.29 is 9.53 Å². The highest BCUT2D eigenvalue weighted by Gasteiger charge is 2.10. The van der Waals surface area contributed by atoms with Crippen molar-refractivity contribution in [3.05, 3.63) is 84.1 Å². The van der Waals surface area contributed by atoms with Gasteiger partial charge in [0.2, 0.25) is 0 Å². The molecular weight excluding hydrogens is 322 g/mol. The Bertz CT molecular complexity index is 1150. The van der Waals surface area contributed by atoms with E-state index in [9.17, 15) is 4.79 Å². The predicted molar refractivity (Wildman–Crippen MR) is 107 cm³/mol. The summed E-state index contributed by atoms with van der Waals surface area (Å²) in [6.07, 6.45) is 5.54. The fraction of sp³-hybridized carbons (Fsp3) is 0.0870. The molecule has 0 radical (unpaired) electrons. The Morgan fingerprint density at radius 2 is 1.81 bits per heavy atom. The van der Waals surface area contributed by atoms with Crippen LogP contribution in [0.5, 0.6) is 5.75 Å². The summed E-state index contributed by atoms with van der Waals surface area (Å²) in [4.78, 5) is 12.8. The molecule has 3 nitrogen and oxygen atoms in total. The van der Waals surface area contributed by atoms with E-state index in [4.69, 9.17) is 4.74 Å². The van der Waals surface area contributed by atoms with Crippen molar-refractivity contribution in [3.8, 4) is 5.75 Å². The number of ketones is 1. The largest absolute Gasteiger partial charge is 0.496 e. The zero-order valence-electron chi connectivity index (χ0n) is 14.8. The fourth-order valence-electron chi connectivity index (χ4n) is 3.33. The number of aryl methyl sites for hydroxylation is 1. The van der Waals surface area contributed by atoms with E-state index in [0.717, 1.165) is 27.5 Å². The summed E-state index contributed by atoms with van der Waals surface area (Å²) < 4.78 is 7.48. The number of fused-ring (bicyclic) bond motifs is 2. The van der Waals surface area contributed by atoms with Crippen LogP contribution in [-0.4, -0.2) is 17.5 Å². The number of aromatic nitrogens is 1. The van der Waals surface area contributed by atoms with Gasteiger partial charge in [0.15, 0.2) is 5.78 Å². The predicted octanol–water partition coefficient (Wildman–Crippen LogP) is 5.24. The number of carbonyl (C=O) groups is 1. The van der Waals surface area contributed by atoms with Crippen molar-refractivity contribution in [2.75, 3.05) is 7.11 Å².